The van der Waals surface area contributed by atoms with E-state index in [4.69, 9.17) is 23.2 Å². The molecule has 3 heterocycles. The van der Waals surface area contributed by atoms with E-state index in [0.717, 1.165) is 16.9 Å². The van der Waals surface area contributed by atoms with Crippen LogP contribution in [0.15, 0.2) is 54.9 Å². The molecule has 0 saturated carbocycles. The molecule has 0 aliphatic heterocycles. The van der Waals surface area contributed by atoms with Crippen molar-refractivity contribution in [3.05, 3.63) is 81.9 Å². The summed E-state index contributed by atoms with van der Waals surface area (Å²) in [5.41, 5.74) is 2.86. The highest BCUT2D eigenvalue weighted by atomic mass is 35.5. The number of hydrogen-bond donors (Lipinski definition) is 1. The van der Waals surface area contributed by atoms with Gasteiger partial charge in [-0.2, -0.15) is 5.10 Å². The van der Waals surface area contributed by atoms with Crippen LogP contribution < -0.4 is 5.32 Å². The van der Waals surface area contributed by atoms with Gasteiger partial charge < -0.3 is 9.72 Å². The zero-order valence-electron chi connectivity index (χ0n) is 14.4. The maximum absolute atomic E-state index is 12.6. The van der Waals surface area contributed by atoms with Crippen molar-refractivity contribution in [3.8, 4) is 0 Å². The predicted molar refractivity (Wildman–Crippen MR) is 106 cm³/mol. The van der Waals surface area contributed by atoms with Crippen molar-refractivity contribution in [2.75, 3.05) is 5.32 Å². The van der Waals surface area contributed by atoms with Crippen LogP contribution in [0.2, 0.25) is 10.0 Å². The maximum atomic E-state index is 12.6. The number of benzene rings is 1. The highest BCUT2D eigenvalue weighted by Crippen LogP contribution is 2.26. The van der Waals surface area contributed by atoms with Crippen LogP contribution in [0.4, 0.5) is 5.82 Å². The van der Waals surface area contributed by atoms with Crippen LogP contribution in [0.5, 0.6) is 0 Å². The Bertz CT molecular complexity index is 1150. The summed E-state index contributed by atoms with van der Waals surface area (Å²) in [7, 11) is 0. The number of aryl methyl sites for hydroxylation is 1. The predicted octanol–water partition coefficient (Wildman–Crippen LogP) is 4.45. The molecule has 1 aromatic carbocycles. The Morgan fingerprint density at radius 2 is 1.96 bits per heavy atom. The smallest absolute Gasteiger partial charge is 0.277 e. The molecule has 1 N–H and O–H groups in total. The molecule has 4 aromatic rings. The summed E-state index contributed by atoms with van der Waals surface area (Å²) in [6, 6.07) is 12.9. The fourth-order valence-corrected chi connectivity index (χ4v) is 3.21. The van der Waals surface area contributed by atoms with Crippen molar-refractivity contribution in [1.29, 1.82) is 0 Å². The largest absolute Gasteiger partial charge is 0.305 e. The van der Waals surface area contributed by atoms with Gasteiger partial charge in [0.15, 0.2) is 0 Å². The summed E-state index contributed by atoms with van der Waals surface area (Å²) in [5.74, 6) is 0.238. The summed E-state index contributed by atoms with van der Waals surface area (Å²) < 4.78 is 3.52. The second kappa shape index (κ2) is 7.06. The van der Waals surface area contributed by atoms with Crippen LogP contribution in [0.1, 0.15) is 21.7 Å². The molecule has 0 aliphatic rings. The van der Waals surface area contributed by atoms with Crippen LogP contribution in [0.25, 0.3) is 5.65 Å². The number of aromatic nitrogens is 4. The Hall–Kier alpha value is -2.83. The lowest BCUT2D eigenvalue weighted by atomic mass is 10.2. The maximum Gasteiger partial charge on any atom is 0.277 e. The molecular weight excluding hydrogens is 385 g/mol. The topological polar surface area (TPSA) is 64.2 Å². The van der Waals surface area contributed by atoms with E-state index in [-0.39, 0.29) is 5.91 Å². The second-order valence-corrected chi connectivity index (χ2v) is 6.85. The second-order valence-electron chi connectivity index (χ2n) is 6.06. The van der Waals surface area contributed by atoms with Gasteiger partial charge >= 0.3 is 0 Å². The molecule has 0 bridgehead atoms. The quantitative estimate of drug-likeness (QED) is 0.551. The monoisotopic (exact) mass is 399 g/mol. The van der Waals surface area contributed by atoms with E-state index in [1.54, 1.807) is 29.2 Å². The van der Waals surface area contributed by atoms with Crippen LogP contribution >= 0.6 is 23.2 Å². The third-order valence-electron chi connectivity index (χ3n) is 4.24. The van der Waals surface area contributed by atoms with E-state index in [2.05, 4.69) is 15.4 Å². The summed E-state index contributed by atoms with van der Waals surface area (Å²) in [6.07, 6.45) is 3.33. The number of anilines is 1. The van der Waals surface area contributed by atoms with Crippen molar-refractivity contribution < 1.29 is 4.79 Å². The molecule has 0 unspecified atom stereocenters. The molecule has 4 rings (SSSR count). The molecule has 0 aliphatic carbocycles. The SMILES string of the molecule is Cc1cccc2nc(C(=O)Nc3ccnn3Cc3cccc(Cl)c3Cl)cn12. The molecule has 0 fully saturated rings. The van der Waals surface area contributed by atoms with Gasteiger partial charge in [-0.05, 0) is 30.7 Å². The molecule has 0 radical (unpaired) electrons. The average Bonchev–Trinajstić information content (AvgIpc) is 3.27. The van der Waals surface area contributed by atoms with E-state index >= 15 is 0 Å². The average molecular weight is 400 g/mol. The molecule has 1 amide bonds. The van der Waals surface area contributed by atoms with Crippen LogP contribution in [-0.4, -0.2) is 25.1 Å². The van der Waals surface area contributed by atoms with E-state index < -0.39 is 0 Å². The molecule has 0 saturated heterocycles. The minimum atomic E-state index is -0.308. The zero-order valence-corrected chi connectivity index (χ0v) is 15.9. The number of pyridine rings is 1. The van der Waals surface area contributed by atoms with Gasteiger partial charge in [-0.1, -0.05) is 41.4 Å². The number of carbonyl (C=O) groups excluding carboxylic acids is 1. The Morgan fingerprint density at radius 3 is 2.78 bits per heavy atom. The van der Waals surface area contributed by atoms with Gasteiger partial charge in [0, 0.05) is 18.0 Å². The molecule has 136 valence electrons. The third-order valence-corrected chi connectivity index (χ3v) is 5.10. The normalized spacial score (nSPS) is 11.1. The van der Waals surface area contributed by atoms with Gasteiger partial charge in [-0.15, -0.1) is 0 Å². The number of rotatable bonds is 4. The van der Waals surface area contributed by atoms with Gasteiger partial charge in [0.2, 0.25) is 0 Å². The van der Waals surface area contributed by atoms with E-state index in [0.29, 0.717) is 28.1 Å². The molecule has 0 spiro atoms. The lowest BCUT2D eigenvalue weighted by Crippen LogP contribution is -2.16. The molecule has 0 atom stereocenters. The van der Waals surface area contributed by atoms with Crippen molar-refractivity contribution in [2.24, 2.45) is 0 Å². The molecule has 3 aromatic heterocycles. The number of nitrogens with one attached hydrogen (secondary N) is 1. The molecule has 27 heavy (non-hydrogen) atoms. The molecule has 8 heteroatoms. The van der Waals surface area contributed by atoms with Crippen molar-refractivity contribution in [1.82, 2.24) is 19.2 Å². The van der Waals surface area contributed by atoms with Crippen LogP contribution in [0, 0.1) is 6.92 Å². The summed E-state index contributed by atoms with van der Waals surface area (Å²) >= 11 is 12.3. The van der Waals surface area contributed by atoms with Crippen molar-refractivity contribution >= 4 is 40.6 Å². The summed E-state index contributed by atoms with van der Waals surface area (Å²) in [5, 5.41) is 8.07. The Balaban J connectivity index is 1.58. The number of carbonyl (C=O) groups is 1. The first kappa shape index (κ1) is 17.6. The van der Waals surface area contributed by atoms with Crippen LogP contribution in [-0.2, 0) is 6.54 Å². The zero-order chi connectivity index (χ0) is 19.0. The minimum absolute atomic E-state index is 0.308. The number of halogens is 2. The molecule has 6 nitrogen and oxygen atoms in total. The minimum Gasteiger partial charge on any atom is -0.305 e. The van der Waals surface area contributed by atoms with Crippen molar-refractivity contribution in [3.63, 3.8) is 0 Å². The lowest BCUT2D eigenvalue weighted by molar-refractivity contribution is 0.102. The van der Waals surface area contributed by atoms with E-state index in [1.807, 2.05) is 41.7 Å². The third kappa shape index (κ3) is 3.41. The van der Waals surface area contributed by atoms with Crippen molar-refractivity contribution in [2.45, 2.75) is 13.5 Å². The number of hydrogen-bond acceptors (Lipinski definition) is 3. The highest BCUT2D eigenvalue weighted by Gasteiger charge is 2.15. The van der Waals surface area contributed by atoms with Gasteiger partial charge in [0.05, 0.1) is 22.8 Å². The fraction of sp³-hybridized carbons (Fsp3) is 0.105. The Labute approximate surface area is 165 Å². The first-order valence-corrected chi connectivity index (χ1v) is 8.99. The number of nitrogens with zero attached hydrogens (tertiary/aromatic N) is 4. The van der Waals surface area contributed by atoms with E-state index in [9.17, 15) is 4.79 Å². The number of imidazole rings is 1. The summed E-state index contributed by atoms with van der Waals surface area (Å²) in [6.45, 7) is 2.34. The number of fused-ring (bicyclic) bond motifs is 1. The summed E-state index contributed by atoms with van der Waals surface area (Å²) in [4.78, 5) is 17.0. The Kier molecular flexibility index (Phi) is 4.59. The first-order valence-electron chi connectivity index (χ1n) is 8.24. The van der Waals surface area contributed by atoms with Gasteiger partial charge in [0.1, 0.15) is 17.2 Å². The van der Waals surface area contributed by atoms with Gasteiger partial charge in [-0.25, -0.2) is 9.67 Å². The van der Waals surface area contributed by atoms with Gasteiger partial charge in [0.25, 0.3) is 5.91 Å². The Morgan fingerprint density at radius 1 is 1.15 bits per heavy atom. The lowest BCUT2D eigenvalue weighted by Gasteiger charge is -2.10. The standard InChI is InChI=1S/C19H15Cl2N5O/c1-12-4-2-7-16-23-15(11-25(12)16)19(27)24-17-8-9-22-26(17)10-13-5-3-6-14(20)18(13)21/h2-9,11H,10H2,1H3,(H,24,27). The molecular formula is C19H15Cl2N5O. The van der Waals surface area contributed by atoms with Crippen LogP contribution in [0.3, 0.4) is 0 Å². The highest BCUT2D eigenvalue weighted by molar-refractivity contribution is 6.42. The number of amides is 1. The fourth-order valence-electron chi connectivity index (χ4n) is 2.83. The first-order chi connectivity index (χ1) is 13.0. The van der Waals surface area contributed by atoms with Gasteiger partial charge in [-0.3, -0.25) is 4.79 Å². The van der Waals surface area contributed by atoms with E-state index in [1.165, 1.54) is 0 Å².